The van der Waals surface area contributed by atoms with Gasteiger partial charge < -0.3 is 9.72 Å². The summed E-state index contributed by atoms with van der Waals surface area (Å²) in [6.45, 7) is 4.49. The van der Waals surface area contributed by atoms with E-state index in [9.17, 15) is 14.4 Å². The van der Waals surface area contributed by atoms with Crippen molar-refractivity contribution in [3.63, 3.8) is 0 Å². The maximum atomic E-state index is 12.2. The van der Waals surface area contributed by atoms with Gasteiger partial charge in [-0.2, -0.15) is 0 Å². The smallest absolute Gasteiger partial charge is 0.348 e. The predicted octanol–water partition coefficient (Wildman–Crippen LogP) is 4.46. The van der Waals surface area contributed by atoms with Crippen LogP contribution in [0.25, 0.3) is 0 Å². The van der Waals surface area contributed by atoms with Crippen LogP contribution in [0.4, 0.5) is 0 Å². The summed E-state index contributed by atoms with van der Waals surface area (Å²) in [5.41, 5.74) is 2.02. The van der Waals surface area contributed by atoms with Gasteiger partial charge in [0.2, 0.25) is 5.78 Å². The number of H-pyrrole nitrogens is 1. The largest absolute Gasteiger partial charge is 0.453 e. The molecule has 0 aliphatic rings. The van der Waals surface area contributed by atoms with Gasteiger partial charge in [0, 0.05) is 15.7 Å². The highest BCUT2D eigenvalue weighted by atomic mass is 79.9. The molecular weight excluding hydrogens is 450 g/mol. The fourth-order valence-corrected chi connectivity index (χ4v) is 4.21. The van der Waals surface area contributed by atoms with Gasteiger partial charge in [-0.1, -0.05) is 0 Å². The average Bonchev–Trinajstić information content (AvgIpc) is 2.96. The summed E-state index contributed by atoms with van der Waals surface area (Å²) in [6, 6.07) is 1.62. The minimum atomic E-state index is -0.567. The number of ether oxygens (including phenoxy) is 1. The number of nitrogens with one attached hydrogen (secondary N) is 1. The molecule has 122 valence electrons. The van der Waals surface area contributed by atoms with Crippen molar-refractivity contribution >= 4 is 60.7 Å². The molecule has 1 N–H and O–H groups in total. The molecule has 2 heterocycles. The molecule has 0 atom stereocenters. The number of Topliss-reactive ketones (excluding diaryl/α,β-unsaturated/α-hetero) is 2. The van der Waals surface area contributed by atoms with E-state index in [1.165, 1.54) is 18.3 Å². The Morgan fingerprint density at radius 2 is 1.91 bits per heavy atom. The second-order valence-electron chi connectivity index (χ2n) is 4.91. The summed E-state index contributed by atoms with van der Waals surface area (Å²) in [7, 11) is 0. The number of aromatic amines is 1. The van der Waals surface area contributed by atoms with E-state index in [1.54, 1.807) is 19.9 Å². The lowest BCUT2D eigenvalue weighted by Crippen LogP contribution is -2.15. The average molecular weight is 463 g/mol. The van der Waals surface area contributed by atoms with E-state index in [4.69, 9.17) is 4.74 Å². The zero-order chi connectivity index (χ0) is 17.3. The van der Waals surface area contributed by atoms with Crippen molar-refractivity contribution in [3.05, 3.63) is 41.7 Å². The third-order valence-electron chi connectivity index (χ3n) is 3.25. The molecule has 0 saturated heterocycles. The Kier molecular flexibility index (Phi) is 5.59. The minimum absolute atomic E-state index is 0.111. The summed E-state index contributed by atoms with van der Waals surface area (Å²) < 4.78 is 6.58. The maximum Gasteiger partial charge on any atom is 0.348 e. The molecule has 2 aromatic heterocycles. The summed E-state index contributed by atoms with van der Waals surface area (Å²) in [4.78, 5) is 39.0. The number of carbonyl (C=O) groups excluding carboxylic acids is 3. The number of carbonyl (C=O) groups is 3. The Morgan fingerprint density at radius 1 is 1.26 bits per heavy atom. The van der Waals surface area contributed by atoms with Crippen LogP contribution in [0.3, 0.4) is 0 Å². The van der Waals surface area contributed by atoms with Crippen molar-refractivity contribution < 1.29 is 19.1 Å². The number of aryl methyl sites for hydroxylation is 1. The molecule has 0 bridgehead atoms. The topological polar surface area (TPSA) is 76.2 Å². The summed E-state index contributed by atoms with van der Waals surface area (Å²) in [6.07, 6.45) is 0. The Bertz CT molecular complexity index is 787. The molecule has 2 aromatic rings. The van der Waals surface area contributed by atoms with Crippen LogP contribution in [-0.4, -0.2) is 29.1 Å². The first-order valence-electron chi connectivity index (χ1n) is 6.57. The van der Waals surface area contributed by atoms with E-state index in [1.807, 2.05) is 0 Å². The minimum Gasteiger partial charge on any atom is -0.453 e. The predicted molar refractivity (Wildman–Crippen MR) is 94.6 cm³/mol. The van der Waals surface area contributed by atoms with E-state index in [-0.39, 0.29) is 18.2 Å². The Balaban J connectivity index is 2.10. The van der Waals surface area contributed by atoms with Crippen molar-refractivity contribution in [1.82, 2.24) is 4.98 Å². The van der Waals surface area contributed by atoms with Gasteiger partial charge in [0.1, 0.15) is 4.88 Å². The van der Waals surface area contributed by atoms with E-state index in [0.717, 1.165) is 8.26 Å². The second kappa shape index (κ2) is 7.11. The molecule has 0 amide bonds. The van der Waals surface area contributed by atoms with Crippen molar-refractivity contribution in [2.24, 2.45) is 0 Å². The molecular formula is C15H13Br2NO4S. The van der Waals surface area contributed by atoms with Gasteiger partial charge in [0.05, 0.1) is 9.48 Å². The molecule has 0 saturated carbocycles. The van der Waals surface area contributed by atoms with Gasteiger partial charge in [0.15, 0.2) is 12.4 Å². The Hall–Kier alpha value is -1.25. The molecule has 0 aliphatic carbocycles. The van der Waals surface area contributed by atoms with Gasteiger partial charge >= 0.3 is 5.97 Å². The molecule has 8 heteroatoms. The monoisotopic (exact) mass is 461 g/mol. The van der Waals surface area contributed by atoms with Crippen LogP contribution in [0, 0.1) is 13.8 Å². The lowest BCUT2D eigenvalue weighted by atomic mass is 10.1. The molecule has 0 aromatic carbocycles. The molecule has 0 unspecified atom stereocenters. The standard InChI is InChI=1S/C15H13Br2NO4S/c1-6-12(8(3)19)7(2)18-13(6)10(20)5-22-15(21)11-4-9(16)14(17)23-11/h4,18H,5H2,1-3H3. The van der Waals surface area contributed by atoms with Gasteiger partial charge in [0.25, 0.3) is 0 Å². The molecule has 0 radical (unpaired) electrons. The number of ketones is 2. The third-order valence-corrected chi connectivity index (χ3v) is 6.49. The highest BCUT2D eigenvalue weighted by Crippen LogP contribution is 2.32. The summed E-state index contributed by atoms with van der Waals surface area (Å²) in [5, 5.41) is 0. The normalized spacial score (nSPS) is 10.7. The molecule has 0 fully saturated rings. The first-order chi connectivity index (χ1) is 10.7. The third kappa shape index (κ3) is 3.81. The second-order valence-corrected chi connectivity index (χ2v) is 8.14. The fraction of sp³-hybridized carbons (Fsp3) is 0.267. The summed E-state index contributed by atoms with van der Waals surface area (Å²) in [5.74, 6) is -1.05. The van der Waals surface area contributed by atoms with E-state index < -0.39 is 5.97 Å². The molecule has 5 nitrogen and oxygen atoms in total. The van der Waals surface area contributed by atoms with Gasteiger partial charge in [-0.3, -0.25) is 9.59 Å². The lowest BCUT2D eigenvalue weighted by molar-refractivity contribution is 0.0478. The van der Waals surface area contributed by atoms with Crippen LogP contribution in [0.2, 0.25) is 0 Å². The number of hydrogen-bond donors (Lipinski definition) is 1. The number of rotatable bonds is 5. The first-order valence-corrected chi connectivity index (χ1v) is 8.97. The number of hydrogen-bond acceptors (Lipinski definition) is 5. The Labute approximate surface area is 153 Å². The highest BCUT2D eigenvalue weighted by molar-refractivity contribution is 9.13. The van der Waals surface area contributed by atoms with Crippen LogP contribution < -0.4 is 0 Å². The summed E-state index contributed by atoms with van der Waals surface area (Å²) >= 11 is 7.80. The van der Waals surface area contributed by atoms with E-state index >= 15 is 0 Å². The molecule has 0 spiro atoms. The van der Waals surface area contributed by atoms with Crippen LogP contribution >= 0.6 is 43.2 Å². The van der Waals surface area contributed by atoms with Crippen molar-refractivity contribution in [2.75, 3.05) is 6.61 Å². The zero-order valence-electron chi connectivity index (χ0n) is 12.6. The quantitative estimate of drug-likeness (QED) is 0.525. The van der Waals surface area contributed by atoms with E-state index in [2.05, 4.69) is 36.8 Å². The zero-order valence-corrected chi connectivity index (χ0v) is 16.6. The number of esters is 1. The van der Waals surface area contributed by atoms with Crippen LogP contribution in [-0.2, 0) is 4.74 Å². The van der Waals surface area contributed by atoms with E-state index in [0.29, 0.717) is 27.4 Å². The number of thiophene rings is 1. The van der Waals surface area contributed by atoms with Gasteiger partial charge in [-0.15, -0.1) is 11.3 Å². The van der Waals surface area contributed by atoms with Crippen LogP contribution in [0.1, 0.15) is 48.7 Å². The lowest BCUT2D eigenvalue weighted by Gasteiger charge is -2.03. The molecule has 0 aliphatic heterocycles. The molecule has 23 heavy (non-hydrogen) atoms. The van der Waals surface area contributed by atoms with Crippen LogP contribution in [0.15, 0.2) is 14.3 Å². The highest BCUT2D eigenvalue weighted by Gasteiger charge is 2.21. The van der Waals surface area contributed by atoms with Crippen molar-refractivity contribution in [1.29, 1.82) is 0 Å². The first kappa shape index (κ1) is 18.1. The number of halogens is 2. The Morgan fingerprint density at radius 3 is 2.39 bits per heavy atom. The van der Waals surface area contributed by atoms with Gasteiger partial charge in [-0.05, 0) is 64.3 Å². The maximum absolute atomic E-state index is 12.2. The van der Waals surface area contributed by atoms with Crippen molar-refractivity contribution in [3.8, 4) is 0 Å². The number of aromatic nitrogens is 1. The SMILES string of the molecule is CC(=O)c1c(C)[nH]c(C(=O)COC(=O)c2cc(Br)c(Br)s2)c1C. The fourth-order valence-electron chi connectivity index (χ4n) is 2.28. The van der Waals surface area contributed by atoms with Gasteiger partial charge in [-0.25, -0.2) is 4.79 Å². The van der Waals surface area contributed by atoms with Crippen molar-refractivity contribution in [2.45, 2.75) is 20.8 Å². The molecule has 2 rings (SSSR count). The van der Waals surface area contributed by atoms with Crippen LogP contribution in [0.5, 0.6) is 0 Å².